The van der Waals surface area contributed by atoms with Crippen molar-refractivity contribution in [3.63, 3.8) is 0 Å². The van der Waals surface area contributed by atoms with Crippen molar-refractivity contribution in [2.45, 2.75) is 65.2 Å². The van der Waals surface area contributed by atoms with E-state index in [1.165, 1.54) is 0 Å². The molecule has 0 saturated heterocycles. The second-order valence-electron chi connectivity index (χ2n) is 4.92. The number of aliphatic imine (C=N–C) groups is 1. The summed E-state index contributed by atoms with van der Waals surface area (Å²) in [5.74, 6) is 0.430. The highest BCUT2D eigenvalue weighted by Gasteiger charge is 2.36. The van der Waals surface area contributed by atoms with Gasteiger partial charge in [0.25, 0.3) is 0 Å². The molecule has 0 heterocycles. The van der Waals surface area contributed by atoms with E-state index in [0.29, 0.717) is 12.3 Å². The van der Waals surface area contributed by atoms with Gasteiger partial charge in [-0.05, 0) is 34.1 Å². The fourth-order valence-corrected chi connectivity index (χ4v) is 1.14. The van der Waals surface area contributed by atoms with Crippen molar-refractivity contribution in [1.82, 2.24) is 5.32 Å². The SMILES string of the molecule is CCCC(=NC(C)C(F)(F)F)NC(C)(C)C. The van der Waals surface area contributed by atoms with Crippen molar-refractivity contribution in [3.05, 3.63) is 0 Å². The molecule has 0 aromatic carbocycles. The Hall–Kier alpha value is -0.740. The molecule has 2 nitrogen and oxygen atoms in total. The lowest BCUT2D eigenvalue weighted by atomic mass is 10.1. The van der Waals surface area contributed by atoms with E-state index in [4.69, 9.17) is 0 Å². The molecule has 0 radical (unpaired) electrons. The number of rotatable bonds is 3. The molecule has 1 unspecified atom stereocenters. The van der Waals surface area contributed by atoms with Crippen molar-refractivity contribution in [1.29, 1.82) is 0 Å². The first kappa shape index (κ1) is 15.3. The van der Waals surface area contributed by atoms with E-state index < -0.39 is 12.2 Å². The number of hydrogen-bond acceptors (Lipinski definition) is 1. The van der Waals surface area contributed by atoms with Crippen molar-refractivity contribution in [2.24, 2.45) is 4.99 Å². The van der Waals surface area contributed by atoms with Crippen molar-refractivity contribution in [2.75, 3.05) is 0 Å². The number of nitrogens with one attached hydrogen (secondary N) is 1. The molecule has 16 heavy (non-hydrogen) atoms. The van der Waals surface area contributed by atoms with Gasteiger partial charge in [0, 0.05) is 12.0 Å². The lowest BCUT2D eigenvalue weighted by molar-refractivity contribution is -0.142. The van der Waals surface area contributed by atoms with Gasteiger partial charge in [0.2, 0.25) is 0 Å². The first-order valence-corrected chi connectivity index (χ1v) is 5.48. The van der Waals surface area contributed by atoms with Gasteiger partial charge in [-0.3, -0.25) is 4.99 Å². The molecule has 0 aromatic heterocycles. The molecular weight excluding hydrogens is 217 g/mol. The Morgan fingerprint density at radius 1 is 1.25 bits per heavy atom. The second-order valence-corrected chi connectivity index (χ2v) is 4.92. The zero-order valence-electron chi connectivity index (χ0n) is 10.6. The van der Waals surface area contributed by atoms with Crippen LogP contribution in [0.3, 0.4) is 0 Å². The quantitative estimate of drug-likeness (QED) is 0.590. The van der Waals surface area contributed by atoms with E-state index in [2.05, 4.69) is 10.3 Å². The summed E-state index contributed by atoms with van der Waals surface area (Å²) in [7, 11) is 0. The fourth-order valence-electron chi connectivity index (χ4n) is 1.14. The largest absolute Gasteiger partial charge is 0.410 e. The molecule has 1 atom stereocenters. The molecule has 0 amide bonds. The molecule has 96 valence electrons. The normalized spacial score (nSPS) is 16.1. The van der Waals surface area contributed by atoms with Crippen LogP contribution in [0.25, 0.3) is 0 Å². The topological polar surface area (TPSA) is 24.4 Å². The summed E-state index contributed by atoms with van der Waals surface area (Å²) >= 11 is 0. The van der Waals surface area contributed by atoms with E-state index in [1.54, 1.807) is 0 Å². The van der Waals surface area contributed by atoms with Crippen LogP contribution in [0.5, 0.6) is 0 Å². The standard InChI is InChI=1S/C11H21F3N2/c1-6-7-9(16-10(3,4)5)15-8(2)11(12,13)14/h8H,6-7H2,1-5H3,(H,15,16). The maximum atomic E-state index is 12.3. The van der Waals surface area contributed by atoms with E-state index >= 15 is 0 Å². The smallest absolute Gasteiger partial charge is 0.369 e. The van der Waals surface area contributed by atoms with Crippen LogP contribution in [0.4, 0.5) is 13.2 Å². The van der Waals surface area contributed by atoms with E-state index in [9.17, 15) is 13.2 Å². The molecule has 0 aliphatic heterocycles. The van der Waals surface area contributed by atoms with Crippen molar-refractivity contribution in [3.8, 4) is 0 Å². The molecule has 0 saturated carbocycles. The number of amidine groups is 1. The molecule has 0 aliphatic carbocycles. The lowest BCUT2D eigenvalue weighted by Crippen LogP contribution is -2.42. The van der Waals surface area contributed by atoms with Gasteiger partial charge < -0.3 is 5.32 Å². The van der Waals surface area contributed by atoms with E-state index in [0.717, 1.165) is 13.3 Å². The Balaban J connectivity index is 4.71. The molecule has 1 N–H and O–H groups in total. The second kappa shape index (κ2) is 5.55. The van der Waals surface area contributed by atoms with Crippen LogP contribution >= 0.6 is 0 Å². The third kappa shape index (κ3) is 6.69. The predicted octanol–water partition coefficient (Wildman–Crippen LogP) is 3.52. The Morgan fingerprint density at radius 3 is 2.06 bits per heavy atom. The van der Waals surface area contributed by atoms with Gasteiger partial charge in [0.1, 0.15) is 6.04 Å². The van der Waals surface area contributed by atoms with Gasteiger partial charge in [-0.2, -0.15) is 13.2 Å². The monoisotopic (exact) mass is 238 g/mol. The van der Waals surface area contributed by atoms with Gasteiger partial charge >= 0.3 is 6.18 Å². The molecule has 0 rings (SSSR count). The lowest BCUT2D eigenvalue weighted by Gasteiger charge is -2.24. The molecule has 5 heteroatoms. The summed E-state index contributed by atoms with van der Waals surface area (Å²) in [4.78, 5) is 3.70. The van der Waals surface area contributed by atoms with Crippen LogP contribution in [0.15, 0.2) is 4.99 Å². The highest BCUT2D eigenvalue weighted by atomic mass is 19.4. The van der Waals surface area contributed by atoms with Crippen molar-refractivity contribution < 1.29 is 13.2 Å². The Kier molecular flexibility index (Phi) is 5.29. The Labute approximate surface area is 95.3 Å². The highest BCUT2D eigenvalue weighted by molar-refractivity contribution is 5.83. The zero-order chi connectivity index (χ0) is 13.0. The maximum Gasteiger partial charge on any atom is 0.410 e. The Bertz CT molecular complexity index is 239. The van der Waals surface area contributed by atoms with Crippen LogP contribution in [-0.4, -0.2) is 23.6 Å². The van der Waals surface area contributed by atoms with Gasteiger partial charge in [0.15, 0.2) is 0 Å². The van der Waals surface area contributed by atoms with Gasteiger partial charge in [-0.15, -0.1) is 0 Å². The molecule has 0 fully saturated rings. The van der Waals surface area contributed by atoms with Gasteiger partial charge in [0.05, 0.1) is 5.84 Å². The number of hydrogen-bond donors (Lipinski definition) is 1. The van der Waals surface area contributed by atoms with Gasteiger partial charge in [-0.25, -0.2) is 0 Å². The minimum Gasteiger partial charge on any atom is -0.369 e. The van der Waals surface area contributed by atoms with Crippen molar-refractivity contribution >= 4 is 5.84 Å². The van der Waals surface area contributed by atoms with Crippen LogP contribution < -0.4 is 5.32 Å². The molecule has 0 bridgehead atoms. The summed E-state index contributed by atoms with van der Waals surface area (Å²) in [5, 5.41) is 3.01. The number of nitrogens with zero attached hydrogens (tertiary/aromatic N) is 1. The first-order valence-electron chi connectivity index (χ1n) is 5.48. The van der Waals surface area contributed by atoms with E-state index in [-0.39, 0.29) is 5.54 Å². The summed E-state index contributed by atoms with van der Waals surface area (Å²) in [5.41, 5.74) is -0.265. The Morgan fingerprint density at radius 2 is 1.75 bits per heavy atom. The number of halogens is 3. The molecule has 0 aromatic rings. The molecule has 0 aliphatic rings. The van der Waals surface area contributed by atoms with Crippen LogP contribution in [0.2, 0.25) is 0 Å². The summed E-state index contributed by atoms with van der Waals surface area (Å²) in [6.07, 6.45) is -2.96. The summed E-state index contributed by atoms with van der Waals surface area (Å²) in [6.45, 7) is 8.68. The molecular formula is C11H21F3N2. The maximum absolute atomic E-state index is 12.3. The average Bonchev–Trinajstić information content (AvgIpc) is 1.99. The predicted molar refractivity (Wildman–Crippen MR) is 60.7 cm³/mol. The highest BCUT2D eigenvalue weighted by Crippen LogP contribution is 2.22. The average molecular weight is 238 g/mol. The first-order chi connectivity index (χ1) is 7.06. The summed E-state index contributed by atoms with van der Waals surface area (Å²) < 4.78 is 37.0. The third-order valence-electron chi connectivity index (χ3n) is 1.83. The van der Waals surface area contributed by atoms with E-state index in [1.807, 2.05) is 27.7 Å². The third-order valence-corrected chi connectivity index (χ3v) is 1.83. The fraction of sp³-hybridized carbons (Fsp3) is 0.909. The minimum atomic E-state index is -4.27. The minimum absolute atomic E-state index is 0.265. The summed E-state index contributed by atoms with van der Waals surface area (Å²) in [6, 6.07) is -1.65. The number of alkyl halides is 3. The van der Waals surface area contributed by atoms with Crippen LogP contribution in [-0.2, 0) is 0 Å². The van der Waals surface area contributed by atoms with Gasteiger partial charge in [-0.1, -0.05) is 6.92 Å². The van der Waals surface area contributed by atoms with Crippen LogP contribution in [0.1, 0.15) is 47.5 Å². The molecule has 0 spiro atoms. The zero-order valence-corrected chi connectivity index (χ0v) is 10.6. The van der Waals surface area contributed by atoms with Crippen LogP contribution in [0, 0.1) is 0 Å².